The molecule has 2 N–H and O–H groups in total. The highest BCUT2D eigenvalue weighted by Crippen LogP contribution is 2.22. The maximum atomic E-state index is 13.0. The van der Waals surface area contributed by atoms with E-state index in [1.54, 1.807) is 12.1 Å². The minimum atomic E-state index is -0.241. The van der Waals surface area contributed by atoms with Crippen molar-refractivity contribution in [2.75, 3.05) is 6.54 Å². The summed E-state index contributed by atoms with van der Waals surface area (Å²) in [6, 6.07) is 18.5. The van der Waals surface area contributed by atoms with Crippen molar-refractivity contribution < 1.29 is 8.81 Å². The number of benzene rings is 2. The van der Waals surface area contributed by atoms with Crippen molar-refractivity contribution in [2.45, 2.75) is 13.0 Å². The lowest BCUT2D eigenvalue weighted by atomic mass is 10.1. The molecule has 2 aromatic carbocycles. The van der Waals surface area contributed by atoms with Crippen molar-refractivity contribution in [1.29, 1.82) is 0 Å². The van der Waals surface area contributed by atoms with Crippen LogP contribution in [0.3, 0.4) is 0 Å². The molecular formula is C21H19FN2O. The maximum absolute atomic E-state index is 13.0. The fourth-order valence-corrected chi connectivity index (χ4v) is 3.02. The molecule has 3 nitrogen and oxygen atoms in total. The Kier molecular flexibility index (Phi) is 4.36. The van der Waals surface area contributed by atoms with Crippen molar-refractivity contribution in [1.82, 2.24) is 10.3 Å². The van der Waals surface area contributed by atoms with Crippen LogP contribution in [0.5, 0.6) is 0 Å². The first kappa shape index (κ1) is 15.7. The van der Waals surface area contributed by atoms with Crippen LogP contribution in [0.15, 0.2) is 71.3 Å². The smallest absolute Gasteiger partial charge is 0.134 e. The summed E-state index contributed by atoms with van der Waals surface area (Å²) in [6.07, 6.45) is 3.03. The van der Waals surface area contributed by atoms with Gasteiger partial charge in [-0.15, -0.1) is 0 Å². The fraction of sp³-hybridized carbons (Fsp3) is 0.143. The first-order valence-electron chi connectivity index (χ1n) is 8.40. The van der Waals surface area contributed by atoms with Crippen LogP contribution in [0.1, 0.15) is 11.3 Å². The predicted octanol–water partition coefficient (Wildman–Crippen LogP) is 4.90. The lowest BCUT2D eigenvalue weighted by Gasteiger charge is -2.03. The highest BCUT2D eigenvalue weighted by Gasteiger charge is 2.06. The number of halogens is 1. The lowest BCUT2D eigenvalue weighted by Crippen LogP contribution is -2.16. The minimum Gasteiger partial charge on any atom is -0.460 e. The Morgan fingerprint density at radius 3 is 2.68 bits per heavy atom. The van der Waals surface area contributed by atoms with Crippen LogP contribution < -0.4 is 5.32 Å². The van der Waals surface area contributed by atoms with Gasteiger partial charge in [-0.2, -0.15) is 0 Å². The van der Waals surface area contributed by atoms with E-state index in [9.17, 15) is 4.39 Å². The molecule has 4 heteroatoms. The van der Waals surface area contributed by atoms with Crippen LogP contribution in [0.25, 0.3) is 22.2 Å². The molecule has 0 aliphatic carbocycles. The standard InChI is InChI=1S/C21H19FN2O/c22-17-7-5-15(6-8-17)21-10-9-18(25-21)14-23-12-11-16-13-24-20-4-2-1-3-19(16)20/h1-10,13,23-24H,11-12,14H2. The van der Waals surface area contributed by atoms with Crippen molar-refractivity contribution in [3.8, 4) is 11.3 Å². The molecular weight excluding hydrogens is 315 g/mol. The van der Waals surface area contributed by atoms with Gasteiger partial charge < -0.3 is 14.7 Å². The fourth-order valence-electron chi connectivity index (χ4n) is 3.02. The number of fused-ring (bicyclic) bond motifs is 1. The largest absolute Gasteiger partial charge is 0.460 e. The molecule has 0 saturated heterocycles. The van der Waals surface area contributed by atoms with E-state index in [2.05, 4.69) is 34.7 Å². The Morgan fingerprint density at radius 2 is 1.80 bits per heavy atom. The Hall–Kier alpha value is -2.85. The van der Waals surface area contributed by atoms with Gasteiger partial charge in [-0.25, -0.2) is 4.39 Å². The molecule has 0 aliphatic rings. The first-order chi connectivity index (χ1) is 12.3. The zero-order valence-corrected chi connectivity index (χ0v) is 13.8. The molecule has 0 spiro atoms. The monoisotopic (exact) mass is 334 g/mol. The third-order valence-corrected chi connectivity index (χ3v) is 4.34. The van der Waals surface area contributed by atoms with E-state index >= 15 is 0 Å². The van der Waals surface area contributed by atoms with Crippen LogP contribution >= 0.6 is 0 Å². The van der Waals surface area contributed by atoms with Crippen molar-refractivity contribution in [3.05, 3.63) is 84.0 Å². The Balaban J connectivity index is 1.32. The summed E-state index contributed by atoms with van der Waals surface area (Å²) < 4.78 is 18.8. The highest BCUT2D eigenvalue weighted by atomic mass is 19.1. The number of hydrogen-bond donors (Lipinski definition) is 2. The molecule has 4 aromatic rings. The van der Waals surface area contributed by atoms with E-state index < -0.39 is 0 Å². The van der Waals surface area contributed by atoms with Gasteiger partial charge in [0.25, 0.3) is 0 Å². The van der Waals surface area contributed by atoms with E-state index in [1.807, 2.05) is 18.2 Å². The van der Waals surface area contributed by atoms with Crippen LogP contribution in [-0.2, 0) is 13.0 Å². The predicted molar refractivity (Wildman–Crippen MR) is 97.8 cm³/mol. The molecule has 0 bridgehead atoms. The average Bonchev–Trinajstić information content (AvgIpc) is 3.27. The summed E-state index contributed by atoms with van der Waals surface area (Å²) in [5.41, 5.74) is 3.37. The minimum absolute atomic E-state index is 0.241. The third-order valence-electron chi connectivity index (χ3n) is 4.34. The Labute approximate surface area is 145 Å². The second kappa shape index (κ2) is 6.95. The molecule has 25 heavy (non-hydrogen) atoms. The highest BCUT2D eigenvalue weighted by molar-refractivity contribution is 5.83. The van der Waals surface area contributed by atoms with Crippen LogP contribution in [-0.4, -0.2) is 11.5 Å². The third kappa shape index (κ3) is 3.49. The lowest BCUT2D eigenvalue weighted by molar-refractivity contribution is 0.495. The second-order valence-corrected chi connectivity index (χ2v) is 6.06. The number of nitrogens with one attached hydrogen (secondary N) is 2. The van der Waals surface area contributed by atoms with E-state index in [-0.39, 0.29) is 5.82 Å². The number of para-hydroxylation sites is 1. The SMILES string of the molecule is Fc1ccc(-c2ccc(CNCCc3c[nH]c4ccccc34)o2)cc1. The van der Waals surface area contributed by atoms with E-state index in [1.165, 1.54) is 28.6 Å². The summed E-state index contributed by atoms with van der Waals surface area (Å²) in [6.45, 7) is 1.54. The quantitative estimate of drug-likeness (QED) is 0.492. The number of aromatic amines is 1. The summed E-state index contributed by atoms with van der Waals surface area (Å²) >= 11 is 0. The molecule has 0 aliphatic heterocycles. The Morgan fingerprint density at radius 1 is 0.960 bits per heavy atom. The molecule has 4 rings (SSSR count). The van der Waals surface area contributed by atoms with Gasteiger partial charge in [-0.05, 0) is 61.0 Å². The summed E-state index contributed by atoms with van der Waals surface area (Å²) in [5.74, 6) is 1.39. The van der Waals surface area contributed by atoms with E-state index in [4.69, 9.17) is 4.42 Å². The van der Waals surface area contributed by atoms with Crippen LogP contribution in [0.4, 0.5) is 4.39 Å². The van der Waals surface area contributed by atoms with Gasteiger partial charge in [0, 0.05) is 22.7 Å². The first-order valence-corrected chi connectivity index (χ1v) is 8.40. The number of H-pyrrole nitrogens is 1. The molecule has 0 unspecified atom stereocenters. The molecule has 0 amide bonds. The van der Waals surface area contributed by atoms with E-state index in [0.29, 0.717) is 6.54 Å². The number of rotatable bonds is 6. The molecule has 2 aromatic heterocycles. The zero-order chi connectivity index (χ0) is 17.1. The summed E-state index contributed by atoms with van der Waals surface area (Å²) in [4.78, 5) is 3.30. The van der Waals surface area contributed by atoms with Gasteiger partial charge in [-0.3, -0.25) is 0 Å². The van der Waals surface area contributed by atoms with Gasteiger partial charge in [0.05, 0.1) is 6.54 Å². The van der Waals surface area contributed by atoms with Gasteiger partial charge >= 0.3 is 0 Å². The molecule has 0 radical (unpaired) electrons. The van der Waals surface area contributed by atoms with Gasteiger partial charge in [-0.1, -0.05) is 18.2 Å². The number of furan rings is 1. The number of aromatic nitrogens is 1. The summed E-state index contributed by atoms with van der Waals surface area (Å²) in [5, 5.41) is 4.69. The normalized spacial score (nSPS) is 11.2. The topological polar surface area (TPSA) is 41.0 Å². The average molecular weight is 334 g/mol. The molecule has 0 atom stereocenters. The summed E-state index contributed by atoms with van der Waals surface area (Å²) in [7, 11) is 0. The molecule has 0 fully saturated rings. The molecule has 126 valence electrons. The maximum Gasteiger partial charge on any atom is 0.134 e. The zero-order valence-electron chi connectivity index (χ0n) is 13.8. The van der Waals surface area contributed by atoms with Gasteiger partial charge in [0.15, 0.2) is 0 Å². The van der Waals surface area contributed by atoms with Crippen LogP contribution in [0, 0.1) is 5.82 Å². The van der Waals surface area contributed by atoms with Gasteiger partial charge in [0.2, 0.25) is 0 Å². The number of hydrogen-bond acceptors (Lipinski definition) is 2. The van der Waals surface area contributed by atoms with Crippen molar-refractivity contribution in [2.24, 2.45) is 0 Å². The van der Waals surface area contributed by atoms with Crippen LogP contribution in [0.2, 0.25) is 0 Å². The second-order valence-electron chi connectivity index (χ2n) is 6.06. The Bertz CT molecular complexity index is 969. The molecule has 2 heterocycles. The van der Waals surface area contributed by atoms with Crippen molar-refractivity contribution in [3.63, 3.8) is 0 Å². The van der Waals surface area contributed by atoms with Gasteiger partial charge in [0.1, 0.15) is 17.3 Å². The van der Waals surface area contributed by atoms with E-state index in [0.717, 1.165) is 30.0 Å². The molecule has 0 saturated carbocycles. The van der Waals surface area contributed by atoms with Crippen molar-refractivity contribution >= 4 is 10.9 Å².